The van der Waals surface area contributed by atoms with Crippen LogP contribution >= 0.6 is 0 Å². The summed E-state index contributed by atoms with van der Waals surface area (Å²) in [6.45, 7) is 0. The van der Waals surface area contributed by atoms with Gasteiger partial charge in [0.05, 0.1) is 11.3 Å². The van der Waals surface area contributed by atoms with Crippen molar-refractivity contribution in [2.75, 3.05) is 5.32 Å². The zero-order chi connectivity index (χ0) is 11.0. The fourth-order valence-electron chi connectivity index (χ4n) is 1.79. The quantitative estimate of drug-likeness (QED) is 0.669. The van der Waals surface area contributed by atoms with Crippen LogP contribution in [0, 0.1) is 0 Å². The highest BCUT2D eigenvalue weighted by Gasteiger charge is 2.24. The number of nitrogens with one attached hydrogen (secondary N) is 3. The summed E-state index contributed by atoms with van der Waals surface area (Å²) >= 11 is 0. The van der Waals surface area contributed by atoms with E-state index in [9.17, 15) is 4.79 Å². The SMILES string of the molecule is O=C1NC(c2ccn[nH]2)Nc2ccccc21. The maximum atomic E-state index is 11.8. The third-order valence-electron chi connectivity index (χ3n) is 2.58. The lowest BCUT2D eigenvalue weighted by atomic mass is 10.1. The Balaban J connectivity index is 1.98. The Morgan fingerprint density at radius 3 is 2.81 bits per heavy atom. The van der Waals surface area contributed by atoms with Crippen LogP contribution in [0.15, 0.2) is 36.5 Å². The number of hydrogen-bond donors (Lipinski definition) is 3. The van der Waals surface area contributed by atoms with Crippen molar-refractivity contribution in [2.24, 2.45) is 0 Å². The van der Waals surface area contributed by atoms with E-state index in [1.165, 1.54) is 0 Å². The van der Waals surface area contributed by atoms with E-state index in [4.69, 9.17) is 0 Å². The molecule has 3 rings (SSSR count). The third-order valence-corrected chi connectivity index (χ3v) is 2.58. The second-order valence-corrected chi connectivity index (χ2v) is 3.61. The van der Waals surface area contributed by atoms with Crippen LogP contribution in [-0.2, 0) is 0 Å². The molecule has 1 aliphatic heterocycles. The molecule has 0 fully saturated rings. The number of aromatic amines is 1. The van der Waals surface area contributed by atoms with E-state index in [-0.39, 0.29) is 12.1 Å². The van der Waals surface area contributed by atoms with Crippen LogP contribution in [0.4, 0.5) is 5.69 Å². The molecule has 0 saturated carbocycles. The molecule has 1 aliphatic rings. The van der Waals surface area contributed by atoms with Crippen LogP contribution in [0.1, 0.15) is 22.2 Å². The van der Waals surface area contributed by atoms with E-state index in [2.05, 4.69) is 20.8 Å². The molecule has 5 nitrogen and oxygen atoms in total. The van der Waals surface area contributed by atoms with Gasteiger partial charge in [-0.2, -0.15) is 5.10 Å². The number of anilines is 1. The molecule has 1 amide bonds. The fourth-order valence-corrected chi connectivity index (χ4v) is 1.79. The molecule has 80 valence electrons. The first-order chi connectivity index (χ1) is 7.84. The zero-order valence-corrected chi connectivity index (χ0v) is 8.40. The molecule has 1 aromatic carbocycles. The first kappa shape index (κ1) is 8.96. The molecule has 0 aliphatic carbocycles. The molecule has 16 heavy (non-hydrogen) atoms. The minimum Gasteiger partial charge on any atom is -0.360 e. The fraction of sp³-hybridized carbons (Fsp3) is 0.0909. The number of rotatable bonds is 1. The van der Waals surface area contributed by atoms with Gasteiger partial charge in [-0.25, -0.2) is 0 Å². The Hall–Kier alpha value is -2.30. The summed E-state index contributed by atoms with van der Waals surface area (Å²) in [5.41, 5.74) is 2.34. The van der Waals surface area contributed by atoms with Crippen LogP contribution in [-0.4, -0.2) is 16.1 Å². The summed E-state index contributed by atoms with van der Waals surface area (Å²) in [7, 11) is 0. The number of hydrogen-bond acceptors (Lipinski definition) is 3. The van der Waals surface area contributed by atoms with Crippen LogP contribution in [0.25, 0.3) is 0 Å². The molecule has 0 radical (unpaired) electrons. The number of aromatic nitrogens is 2. The van der Waals surface area contributed by atoms with E-state index in [1.54, 1.807) is 12.3 Å². The van der Waals surface area contributed by atoms with E-state index >= 15 is 0 Å². The van der Waals surface area contributed by atoms with Gasteiger partial charge in [0, 0.05) is 11.9 Å². The molecular weight excluding hydrogens is 204 g/mol. The van der Waals surface area contributed by atoms with Gasteiger partial charge in [-0.05, 0) is 18.2 Å². The zero-order valence-electron chi connectivity index (χ0n) is 8.40. The molecule has 5 heteroatoms. The molecule has 2 heterocycles. The van der Waals surface area contributed by atoms with Crippen molar-refractivity contribution in [1.82, 2.24) is 15.5 Å². The second-order valence-electron chi connectivity index (χ2n) is 3.61. The topological polar surface area (TPSA) is 69.8 Å². The number of carbonyl (C=O) groups is 1. The molecule has 2 aromatic rings. The van der Waals surface area contributed by atoms with Gasteiger partial charge >= 0.3 is 0 Å². The van der Waals surface area contributed by atoms with Gasteiger partial charge in [-0.1, -0.05) is 12.1 Å². The van der Waals surface area contributed by atoms with Gasteiger partial charge in [0.2, 0.25) is 0 Å². The highest BCUT2D eigenvalue weighted by molar-refractivity contribution is 6.01. The Kier molecular flexibility index (Phi) is 1.89. The highest BCUT2D eigenvalue weighted by Crippen LogP contribution is 2.24. The van der Waals surface area contributed by atoms with E-state index in [1.807, 2.05) is 24.3 Å². The summed E-state index contributed by atoms with van der Waals surface area (Å²) in [6, 6.07) is 9.25. The smallest absolute Gasteiger partial charge is 0.255 e. The summed E-state index contributed by atoms with van der Waals surface area (Å²) in [5, 5.41) is 12.8. The Labute approximate surface area is 91.9 Å². The normalized spacial score (nSPS) is 18.5. The van der Waals surface area contributed by atoms with E-state index < -0.39 is 0 Å². The molecule has 1 aromatic heterocycles. The largest absolute Gasteiger partial charge is 0.360 e. The number of amides is 1. The molecule has 0 bridgehead atoms. The summed E-state index contributed by atoms with van der Waals surface area (Å²) in [5.74, 6) is -0.0750. The van der Waals surface area contributed by atoms with Gasteiger partial charge in [-0.3, -0.25) is 9.89 Å². The summed E-state index contributed by atoms with van der Waals surface area (Å²) in [4.78, 5) is 11.8. The van der Waals surface area contributed by atoms with Gasteiger partial charge < -0.3 is 10.6 Å². The minimum atomic E-state index is -0.245. The Bertz CT molecular complexity index is 521. The number of para-hydroxylation sites is 1. The molecular formula is C11H10N4O. The van der Waals surface area contributed by atoms with Gasteiger partial charge in [0.15, 0.2) is 0 Å². The first-order valence-corrected chi connectivity index (χ1v) is 5.00. The lowest BCUT2D eigenvalue weighted by Gasteiger charge is -2.26. The average Bonchev–Trinajstić information content (AvgIpc) is 2.82. The highest BCUT2D eigenvalue weighted by atomic mass is 16.2. The van der Waals surface area contributed by atoms with Crippen molar-refractivity contribution >= 4 is 11.6 Å². The van der Waals surface area contributed by atoms with E-state index in [0.29, 0.717) is 5.56 Å². The van der Waals surface area contributed by atoms with Crippen molar-refractivity contribution in [2.45, 2.75) is 6.17 Å². The van der Waals surface area contributed by atoms with E-state index in [0.717, 1.165) is 11.4 Å². The standard InChI is InChI=1S/C11H10N4O/c16-11-7-3-1-2-4-8(7)13-10(14-11)9-5-6-12-15-9/h1-6,10,13H,(H,12,15)(H,14,16). The minimum absolute atomic E-state index is 0.0750. The molecule has 0 saturated heterocycles. The van der Waals surface area contributed by atoms with Crippen molar-refractivity contribution in [3.63, 3.8) is 0 Å². The second kappa shape index (κ2) is 3.37. The van der Waals surface area contributed by atoms with Crippen molar-refractivity contribution in [3.05, 3.63) is 47.8 Å². The Morgan fingerprint density at radius 1 is 1.12 bits per heavy atom. The molecule has 0 spiro atoms. The number of fused-ring (bicyclic) bond motifs is 1. The van der Waals surface area contributed by atoms with Gasteiger partial charge in [-0.15, -0.1) is 0 Å². The predicted molar refractivity (Wildman–Crippen MR) is 58.9 cm³/mol. The van der Waals surface area contributed by atoms with Crippen LogP contribution < -0.4 is 10.6 Å². The summed E-state index contributed by atoms with van der Waals surface area (Å²) in [6.07, 6.45) is 1.41. The van der Waals surface area contributed by atoms with Gasteiger partial charge in [0.1, 0.15) is 6.17 Å². The number of benzene rings is 1. The maximum Gasteiger partial charge on any atom is 0.255 e. The number of carbonyl (C=O) groups excluding carboxylic acids is 1. The lowest BCUT2D eigenvalue weighted by molar-refractivity contribution is 0.0935. The number of H-pyrrole nitrogens is 1. The average molecular weight is 214 g/mol. The first-order valence-electron chi connectivity index (χ1n) is 5.00. The van der Waals surface area contributed by atoms with Crippen molar-refractivity contribution < 1.29 is 4.79 Å². The molecule has 1 unspecified atom stereocenters. The number of nitrogens with zero attached hydrogens (tertiary/aromatic N) is 1. The Morgan fingerprint density at radius 2 is 2.00 bits per heavy atom. The molecule has 3 N–H and O–H groups in total. The van der Waals surface area contributed by atoms with Crippen LogP contribution in [0.5, 0.6) is 0 Å². The lowest BCUT2D eigenvalue weighted by Crippen LogP contribution is -2.38. The van der Waals surface area contributed by atoms with Crippen LogP contribution in [0.3, 0.4) is 0 Å². The molecule has 1 atom stereocenters. The third kappa shape index (κ3) is 1.33. The predicted octanol–water partition coefficient (Wildman–Crippen LogP) is 1.26. The van der Waals surface area contributed by atoms with Crippen LogP contribution in [0.2, 0.25) is 0 Å². The van der Waals surface area contributed by atoms with Gasteiger partial charge in [0.25, 0.3) is 5.91 Å². The monoisotopic (exact) mass is 214 g/mol. The van der Waals surface area contributed by atoms with Crippen molar-refractivity contribution in [3.8, 4) is 0 Å². The maximum absolute atomic E-state index is 11.8. The van der Waals surface area contributed by atoms with Crippen molar-refractivity contribution in [1.29, 1.82) is 0 Å². The summed E-state index contributed by atoms with van der Waals surface area (Å²) < 4.78 is 0.